The molecule has 156 valence electrons. The lowest BCUT2D eigenvalue weighted by molar-refractivity contribution is -0.122. The highest BCUT2D eigenvalue weighted by Gasteiger charge is 2.31. The molecule has 0 spiro atoms. The summed E-state index contributed by atoms with van der Waals surface area (Å²) in [7, 11) is 0. The Morgan fingerprint density at radius 2 is 2.00 bits per heavy atom. The number of carbonyl (C=O) groups is 2. The molecule has 7 nitrogen and oxygen atoms in total. The molecule has 0 fully saturated rings. The van der Waals surface area contributed by atoms with Gasteiger partial charge in [-0.1, -0.05) is 20.8 Å². The van der Waals surface area contributed by atoms with Crippen molar-refractivity contribution in [2.24, 2.45) is 10.5 Å². The number of amides is 2. The fourth-order valence-electron chi connectivity index (χ4n) is 3.48. The Kier molecular flexibility index (Phi) is 5.19. The van der Waals surface area contributed by atoms with Crippen LogP contribution in [0.15, 0.2) is 47.1 Å². The van der Waals surface area contributed by atoms with Gasteiger partial charge in [-0.05, 0) is 42.1 Å². The summed E-state index contributed by atoms with van der Waals surface area (Å²) in [6, 6.07) is 7.45. The molecule has 0 saturated heterocycles. The van der Waals surface area contributed by atoms with E-state index in [4.69, 9.17) is 0 Å². The lowest BCUT2D eigenvalue weighted by Gasteiger charge is -2.23. The lowest BCUT2D eigenvalue weighted by atomic mass is 9.90. The Morgan fingerprint density at radius 3 is 2.70 bits per heavy atom. The van der Waals surface area contributed by atoms with Crippen LogP contribution in [0.25, 0.3) is 10.2 Å². The van der Waals surface area contributed by atoms with Gasteiger partial charge in [-0.25, -0.2) is 5.01 Å². The molecule has 3 aromatic rings. The van der Waals surface area contributed by atoms with Gasteiger partial charge in [0.05, 0.1) is 28.5 Å². The second-order valence-corrected chi connectivity index (χ2v) is 9.46. The predicted molar refractivity (Wildman–Crippen MR) is 119 cm³/mol. The molecule has 2 amide bonds. The van der Waals surface area contributed by atoms with E-state index in [-0.39, 0.29) is 29.8 Å². The molecule has 0 saturated carbocycles. The summed E-state index contributed by atoms with van der Waals surface area (Å²) in [6.45, 7) is 8.50. The predicted octanol–water partition coefficient (Wildman–Crippen LogP) is 3.83. The molecule has 4 rings (SSSR count). The van der Waals surface area contributed by atoms with Crippen LogP contribution in [0, 0.1) is 5.41 Å². The number of carbonyl (C=O) groups excluding carboxylic acids is 2. The zero-order valence-electron chi connectivity index (χ0n) is 17.5. The molecule has 0 unspecified atom stereocenters. The van der Waals surface area contributed by atoms with Crippen LogP contribution in [0.4, 0.5) is 0 Å². The largest absolute Gasteiger partial charge is 0.348 e. The average Bonchev–Trinajstić information content (AvgIpc) is 3.25. The molecular formula is C22H25N5O2S. The SMILES string of the molecule is C[C@H](NC(=O)CN1N=C(C(C)(C)C)Cn2c(cc3sccc32)C1=O)c1ccncc1. The summed E-state index contributed by atoms with van der Waals surface area (Å²) < 4.78 is 3.07. The Bertz CT molecular complexity index is 1120. The van der Waals surface area contributed by atoms with Crippen molar-refractivity contribution >= 4 is 39.1 Å². The molecule has 0 radical (unpaired) electrons. The maximum absolute atomic E-state index is 13.3. The molecule has 4 heterocycles. The zero-order chi connectivity index (χ0) is 21.5. The quantitative estimate of drug-likeness (QED) is 0.693. The van der Waals surface area contributed by atoms with Crippen molar-refractivity contribution in [2.75, 3.05) is 6.54 Å². The van der Waals surface area contributed by atoms with Crippen LogP contribution >= 0.6 is 11.3 Å². The number of nitrogens with one attached hydrogen (secondary N) is 1. The highest BCUT2D eigenvalue weighted by Crippen LogP contribution is 2.30. The first-order valence-electron chi connectivity index (χ1n) is 9.90. The molecule has 0 aliphatic carbocycles. The molecule has 1 N–H and O–H groups in total. The second-order valence-electron chi connectivity index (χ2n) is 8.52. The Morgan fingerprint density at radius 1 is 1.27 bits per heavy atom. The van der Waals surface area contributed by atoms with Gasteiger partial charge in [0, 0.05) is 17.8 Å². The van der Waals surface area contributed by atoms with E-state index in [0.29, 0.717) is 12.2 Å². The number of thiophene rings is 1. The smallest absolute Gasteiger partial charge is 0.291 e. The fraction of sp³-hybridized carbons (Fsp3) is 0.364. The third kappa shape index (κ3) is 3.87. The summed E-state index contributed by atoms with van der Waals surface area (Å²) in [4.78, 5) is 30.0. The Labute approximate surface area is 179 Å². The summed E-state index contributed by atoms with van der Waals surface area (Å²) in [5.74, 6) is -0.518. The third-order valence-electron chi connectivity index (χ3n) is 5.27. The maximum Gasteiger partial charge on any atom is 0.291 e. The monoisotopic (exact) mass is 423 g/mol. The highest BCUT2D eigenvalue weighted by molar-refractivity contribution is 7.17. The number of rotatable bonds is 4. The molecule has 0 aromatic carbocycles. The highest BCUT2D eigenvalue weighted by atomic mass is 32.1. The van der Waals surface area contributed by atoms with Crippen molar-refractivity contribution in [2.45, 2.75) is 40.3 Å². The fourth-order valence-corrected chi connectivity index (χ4v) is 4.30. The van der Waals surface area contributed by atoms with E-state index in [1.807, 2.05) is 41.1 Å². The molecule has 1 aliphatic heterocycles. The zero-order valence-corrected chi connectivity index (χ0v) is 18.4. The van der Waals surface area contributed by atoms with Crippen LogP contribution in [-0.4, -0.2) is 38.6 Å². The van der Waals surface area contributed by atoms with Crippen LogP contribution in [0.5, 0.6) is 0 Å². The number of hydrogen-bond donors (Lipinski definition) is 1. The van der Waals surface area contributed by atoms with E-state index < -0.39 is 0 Å². The Balaban J connectivity index is 1.61. The third-order valence-corrected chi connectivity index (χ3v) is 6.12. The van der Waals surface area contributed by atoms with Crippen LogP contribution in [0.2, 0.25) is 0 Å². The maximum atomic E-state index is 13.3. The van der Waals surface area contributed by atoms with Gasteiger partial charge in [-0.3, -0.25) is 14.6 Å². The van der Waals surface area contributed by atoms with Crippen LogP contribution in [-0.2, 0) is 11.3 Å². The average molecular weight is 424 g/mol. The molecular weight excluding hydrogens is 398 g/mol. The van der Waals surface area contributed by atoms with Crippen molar-refractivity contribution in [3.63, 3.8) is 0 Å². The molecule has 1 aliphatic rings. The lowest BCUT2D eigenvalue weighted by Crippen LogP contribution is -2.39. The minimum absolute atomic E-state index is 0.132. The number of hydrogen-bond acceptors (Lipinski definition) is 5. The minimum Gasteiger partial charge on any atom is -0.348 e. The summed E-state index contributed by atoms with van der Waals surface area (Å²) in [5, 5.41) is 10.9. The number of fused-ring (bicyclic) bond motifs is 3. The van der Waals surface area contributed by atoms with E-state index >= 15 is 0 Å². The van der Waals surface area contributed by atoms with Gasteiger partial charge in [0.2, 0.25) is 5.91 Å². The van der Waals surface area contributed by atoms with Gasteiger partial charge >= 0.3 is 0 Å². The summed E-state index contributed by atoms with van der Waals surface area (Å²) in [5.41, 5.74) is 3.16. The molecule has 0 bridgehead atoms. The summed E-state index contributed by atoms with van der Waals surface area (Å²) >= 11 is 1.60. The first-order valence-corrected chi connectivity index (χ1v) is 10.8. The van der Waals surface area contributed by atoms with E-state index in [1.54, 1.807) is 23.7 Å². The van der Waals surface area contributed by atoms with E-state index in [0.717, 1.165) is 21.5 Å². The van der Waals surface area contributed by atoms with Crippen molar-refractivity contribution in [3.8, 4) is 0 Å². The molecule has 3 aromatic heterocycles. The first-order chi connectivity index (χ1) is 14.2. The van der Waals surface area contributed by atoms with Gasteiger partial charge in [-0.2, -0.15) is 5.10 Å². The number of nitrogens with zero attached hydrogens (tertiary/aromatic N) is 4. The van der Waals surface area contributed by atoms with Crippen molar-refractivity contribution in [1.29, 1.82) is 0 Å². The number of aromatic nitrogens is 2. The van der Waals surface area contributed by atoms with Gasteiger partial charge in [-0.15, -0.1) is 11.3 Å². The van der Waals surface area contributed by atoms with E-state index in [1.165, 1.54) is 5.01 Å². The summed E-state index contributed by atoms with van der Waals surface area (Å²) in [6.07, 6.45) is 3.38. The van der Waals surface area contributed by atoms with Gasteiger partial charge in [0.15, 0.2) is 0 Å². The van der Waals surface area contributed by atoms with Gasteiger partial charge in [0.1, 0.15) is 12.2 Å². The second kappa shape index (κ2) is 7.68. The van der Waals surface area contributed by atoms with Crippen LogP contribution in [0.1, 0.15) is 49.8 Å². The van der Waals surface area contributed by atoms with Crippen LogP contribution < -0.4 is 5.32 Å². The normalized spacial score (nSPS) is 15.5. The molecule has 30 heavy (non-hydrogen) atoms. The van der Waals surface area contributed by atoms with Crippen LogP contribution in [0.3, 0.4) is 0 Å². The molecule has 1 atom stereocenters. The number of hydrazone groups is 1. The minimum atomic E-state index is -0.260. The Hall–Kier alpha value is -3.00. The van der Waals surface area contributed by atoms with Crippen molar-refractivity contribution in [1.82, 2.24) is 19.9 Å². The van der Waals surface area contributed by atoms with Crippen molar-refractivity contribution in [3.05, 3.63) is 53.3 Å². The molecule has 8 heteroatoms. The van der Waals surface area contributed by atoms with E-state index in [9.17, 15) is 9.59 Å². The van der Waals surface area contributed by atoms with Gasteiger partial charge in [0.25, 0.3) is 5.91 Å². The van der Waals surface area contributed by atoms with E-state index in [2.05, 4.69) is 36.2 Å². The topological polar surface area (TPSA) is 79.6 Å². The first kappa shape index (κ1) is 20.3. The van der Waals surface area contributed by atoms with Gasteiger partial charge < -0.3 is 9.88 Å². The number of pyridine rings is 1. The standard InChI is InChI=1S/C22H25N5O2S/c1-14(15-5-8-23-9-6-15)24-20(28)13-27-21(29)17-11-18-16(7-10-30-18)26(17)12-19(25-27)22(2,3)4/h5-11,14H,12-13H2,1-4H3,(H,24,28)/t14-/m0/s1. The van der Waals surface area contributed by atoms with Crippen molar-refractivity contribution < 1.29 is 9.59 Å².